The molecule has 116 valence electrons. The van der Waals surface area contributed by atoms with E-state index in [9.17, 15) is 4.79 Å². The number of benzene rings is 1. The van der Waals surface area contributed by atoms with Gasteiger partial charge >= 0.3 is 0 Å². The molecule has 21 heavy (non-hydrogen) atoms. The van der Waals surface area contributed by atoms with Crippen LogP contribution in [0.5, 0.6) is 0 Å². The van der Waals surface area contributed by atoms with Gasteiger partial charge in [-0.2, -0.15) is 0 Å². The zero-order valence-electron chi connectivity index (χ0n) is 13.1. The Labute approximate surface area is 127 Å². The molecule has 1 saturated carbocycles. The number of carbonyl (C=O) groups excluding carboxylic acids is 1. The maximum absolute atomic E-state index is 12.2. The number of amides is 1. The van der Waals surface area contributed by atoms with Crippen LogP contribution in [0, 0.1) is 5.41 Å². The summed E-state index contributed by atoms with van der Waals surface area (Å²) in [6.45, 7) is 6.97. The average Bonchev–Trinajstić information content (AvgIpc) is 2.47. The van der Waals surface area contributed by atoms with E-state index in [1.54, 1.807) is 0 Å². The van der Waals surface area contributed by atoms with Crippen molar-refractivity contribution in [2.24, 2.45) is 11.1 Å². The minimum absolute atomic E-state index is 0.0296. The summed E-state index contributed by atoms with van der Waals surface area (Å²) in [6.07, 6.45) is 1.65. The van der Waals surface area contributed by atoms with E-state index in [2.05, 4.69) is 19.2 Å². The lowest BCUT2D eigenvalue weighted by molar-refractivity contribution is -0.137. The van der Waals surface area contributed by atoms with Gasteiger partial charge in [-0.25, -0.2) is 0 Å². The Morgan fingerprint density at radius 3 is 2.67 bits per heavy atom. The molecule has 0 aliphatic heterocycles. The van der Waals surface area contributed by atoms with E-state index in [4.69, 9.17) is 10.5 Å². The van der Waals surface area contributed by atoms with Crippen molar-refractivity contribution in [3.63, 3.8) is 0 Å². The summed E-state index contributed by atoms with van der Waals surface area (Å²) in [4.78, 5) is 12.2. The Morgan fingerprint density at radius 2 is 2.10 bits per heavy atom. The lowest BCUT2D eigenvalue weighted by atomic mass is 9.64. The average molecular weight is 290 g/mol. The van der Waals surface area contributed by atoms with E-state index >= 15 is 0 Å². The van der Waals surface area contributed by atoms with Crippen LogP contribution in [0.1, 0.15) is 32.8 Å². The Bertz CT molecular complexity index is 473. The van der Waals surface area contributed by atoms with Crippen LogP contribution in [-0.4, -0.2) is 30.7 Å². The lowest BCUT2D eigenvalue weighted by Gasteiger charge is -2.51. The van der Waals surface area contributed by atoms with Gasteiger partial charge in [0.15, 0.2) is 0 Å². The third-order valence-corrected chi connectivity index (χ3v) is 4.50. The molecule has 1 amide bonds. The molecule has 0 radical (unpaired) electrons. The van der Waals surface area contributed by atoms with Crippen molar-refractivity contribution in [1.29, 1.82) is 0 Å². The zero-order valence-corrected chi connectivity index (χ0v) is 13.1. The molecule has 1 aliphatic carbocycles. The molecular weight excluding hydrogens is 264 g/mol. The van der Waals surface area contributed by atoms with Crippen molar-refractivity contribution >= 4 is 5.91 Å². The molecule has 3 atom stereocenters. The number of ether oxygens (including phenoxy) is 1. The minimum Gasteiger partial charge on any atom is -0.378 e. The number of nitrogens with two attached hydrogens (primary N) is 1. The van der Waals surface area contributed by atoms with Crippen LogP contribution < -0.4 is 11.1 Å². The van der Waals surface area contributed by atoms with Gasteiger partial charge in [-0.05, 0) is 25.3 Å². The highest BCUT2D eigenvalue weighted by atomic mass is 16.5. The second-order valence-electron chi connectivity index (χ2n) is 6.36. The van der Waals surface area contributed by atoms with Crippen LogP contribution in [0.25, 0.3) is 0 Å². The predicted octanol–water partition coefficient (Wildman–Crippen LogP) is 1.88. The molecular formula is C17H26N2O2. The zero-order chi connectivity index (χ0) is 15.5. The van der Waals surface area contributed by atoms with Crippen molar-refractivity contribution in [1.82, 2.24) is 5.32 Å². The Morgan fingerprint density at radius 1 is 1.43 bits per heavy atom. The predicted molar refractivity (Wildman–Crippen MR) is 83.9 cm³/mol. The summed E-state index contributed by atoms with van der Waals surface area (Å²) in [5.41, 5.74) is 7.07. The molecule has 0 bridgehead atoms. The second-order valence-corrected chi connectivity index (χ2v) is 6.36. The maximum atomic E-state index is 12.2. The highest BCUT2D eigenvalue weighted by Gasteiger charge is 2.49. The van der Waals surface area contributed by atoms with Crippen LogP contribution in [0.3, 0.4) is 0 Å². The first-order chi connectivity index (χ1) is 9.95. The molecule has 0 saturated heterocycles. The van der Waals surface area contributed by atoms with E-state index in [1.807, 2.05) is 37.3 Å². The van der Waals surface area contributed by atoms with Gasteiger partial charge in [0.2, 0.25) is 5.91 Å². The number of nitrogens with one attached hydrogen (secondary N) is 1. The summed E-state index contributed by atoms with van der Waals surface area (Å²) in [7, 11) is 0. The van der Waals surface area contributed by atoms with Crippen molar-refractivity contribution in [2.75, 3.05) is 6.61 Å². The van der Waals surface area contributed by atoms with Crippen molar-refractivity contribution in [3.8, 4) is 0 Å². The SMILES string of the molecule is CCOC1CC(NC(=O)[C@H](N)Cc2ccccc2)C1(C)C. The van der Waals surface area contributed by atoms with E-state index in [-0.39, 0.29) is 23.5 Å². The lowest BCUT2D eigenvalue weighted by Crippen LogP contribution is -2.63. The molecule has 2 unspecified atom stereocenters. The van der Waals surface area contributed by atoms with E-state index in [0.29, 0.717) is 13.0 Å². The van der Waals surface area contributed by atoms with Crippen molar-refractivity contribution < 1.29 is 9.53 Å². The molecule has 0 spiro atoms. The maximum Gasteiger partial charge on any atom is 0.237 e. The summed E-state index contributed by atoms with van der Waals surface area (Å²) in [6, 6.07) is 9.50. The van der Waals surface area contributed by atoms with Crippen LogP contribution >= 0.6 is 0 Å². The number of hydrogen-bond acceptors (Lipinski definition) is 3. The highest BCUT2D eigenvalue weighted by molar-refractivity contribution is 5.82. The molecule has 4 heteroatoms. The Hall–Kier alpha value is -1.39. The standard InChI is InChI=1S/C17H26N2O2/c1-4-21-15-11-14(17(15,2)3)19-16(20)13(18)10-12-8-6-5-7-9-12/h5-9,13-15H,4,10-11,18H2,1-3H3,(H,19,20)/t13-,14?,15?/m1/s1. The highest BCUT2D eigenvalue weighted by Crippen LogP contribution is 2.42. The van der Waals surface area contributed by atoms with Crippen LogP contribution in [0.15, 0.2) is 30.3 Å². The first-order valence-electron chi connectivity index (χ1n) is 7.66. The van der Waals surface area contributed by atoms with E-state index in [0.717, 1.165) is 12.0 Å². The molecule has 1 aromatic rings. The first-order valence-corrected chi connectivity index (χ1v) is 7.66. The monoisotopic (exact) mass is 290 g/mol. The summed E-state index contributed by atoms with van der Waals surface area (Å²) in [5.74, 6) is -0.0770. The third-order valence-electron chi connectivity index (χ3n) is 4.50. The van der Waals surface area contributed by atoms with E-state index < -0.39 is 6.04 Å². The smallest absolute Gasteiger partial charge is 0.237 e. The normalized spacial score (nSPS) is 25.0. The minimum atomic E-state index is -0.505. The molecule has 4 nitrogen and oxygen atoms in total. The van der Waals surface area contributed by atoms with Crippen molar-refractivity contribution in [3.05, 3.63) is 35.9 Å². The molecule has 3 N–H and O–H groups in total. The number of hydrogen-bond donors (Lipinski definition) is 2. The largest absolute Gasteiger partial charge is 0.378 e. The van der Waals surface area contributed by atoms with E-state index in [1.165, 1.54) is 0 Å². The molecule has 0 heterocycles. The molecule has 1 aliphatic rings. The van der Waals surface area contributed by atoms with Gasteiger partial charge in [0.25, 0.3) is 0 Å². The van der Waals surface area contributed by atoms with Crippen LogP contribution in [0.4, 0.5) is 0 Å². The second kappa shape index (κ2) is 6.58. The number of rotatable bonds is 6. The van der Waals surface area contributed by atoms with Gasteiger partial charge < -0.3 is 15.8 Å². The van der Waals surface area contributed by atoms with Gasteiger partial charge in [-0.15, -0.1) is 0 Å². The van der Waals surface area contributed by atoms with Gasteiger partial charge in [-0.1, -0.05) is 44.2 Å². The molecule has 0 aromatic heterocycles. The molecule has 2 rings (SSSR count). The quantitative estimate of drug-likeness (QED) is 0.840. The fourth-order valence-electron chi connectivity index (χ4n) is 2.85. The summed E-state index contributed by atoms with van der Waals surface area (Å²) >= 11 is 0. The third kappa shape index (κ3) is 3.63. The van der Waals surface area contributed by atoms with Gasteiger partial charge in [-0.3, -0.25) is 4.79 Å². The first kappa shape index (κ1) is 16.0. The van der Waals surface area contributed by atoms with Gasteiger partial charge in [0.1, 0.15) is 0 Å². The van der Waals surface area contributed by atoms with Gasteiger partial charge in [0.05, 0.1) is 12.1 Å². The Balaban J connectivity index is 1.85. The fraction of sp³-hybridized carbons (Fsp3) is 0.588. The summed E-state index contributed by atoms with van der Waals surface area (Å²) in [5, 5.41) is 3.07. The van der Waals surface area contributed by atoms with Crippen LogP contribution in [0.2, 0.25) is 0 Å². The van der Waals surface area contributed by atoms with Gasteiger partial charge in [0, 0.05) is 18.1 Å². The summed E-state index contributed by atoms with van der Waals surface area (Å²) < 4.78 is 5.68. The van der Waals surface area contributed by atoms with Crippen molar-refractivity contribution in [2.45, 2.75) is 51.8 Å². The number of carbonyl (C=O) groups is 1. The fourth-order valence-corrected chi connectivity index (χ4v) is 2.85. The topological polar surface area (TPSA) is 64.3 Å². The Kier molecular flexibility index (Phi) is 5.01. The molecule has 1 fully saturated rings. The molecule has 1 aromatic carbocycles. The van der Waals surface area contributed by atoms with Crippen LogP contribution in [-0.2, 0) is 16.0 Å².